The van der Waals surface area contributed by atoms with E-state index in [-0.39, 0.29) is 0 Å². The van der Waals surface area contributed by atoms with Gasteiger partial charge < -0.3 is 15.2 Å². The van der Waals surface area contributed by atoms with Gasteiger partial charge in [0, 0.05) is 5.02 Å². The Bertz CT molecular complexity index is 588. The van der Waals surface area contributed by atoms with E-state index >= 15 is 0 Å². The van der Waals surface area contributed by atoms with Crippen molar-refractivity contribution >= 4 is 23.7 Å². The van der Waals surface area contributed by atoms with Crippen molar-refractivity contribution < 1.29 is 19.4 Å². The lowest BCUT2D eigenvalue weighted by Crippen LogP contribution is -2.48. The van der Waals surface area contributed by atoms with Crippen LogP contribution in [0.25, 0.3) is 0 Å². The SMILES string of the molecule is CC(C)(C)OC(=O)NC1(C(Cc2ccc(Cl)cc2)C(=O)O)CC1. The summed E-state index contributed by atoms with van der Waals surface area (Å²) < 4.78 is 5.25. The van der Waals surface area contributed by atoms with E-state index < -0.39 is 29.1 Å². The maximum Gasteiger partial charge on any atom is 0.408 e. The van der Waals surface area contributed by atoms with E-state index in [1.54, 1.807) is 32.9 Å². The van der Waals surface area contributed by atoms with Crippen LogP contribution in [0.3, 0.4) is 0 Å². The first kappa shape index (κ1) is 17.6. The fraction of sp³-hybridized carbons (Fsp3) is 0.529. The molecule has 2 rings (SSSR count). The summed E-state index contributed by atoms with van der Waals surface area (Å²) in [5.41, 5.74) is -0.470. The van der Waals surface area contributed by atoms with Gasteiger partial charge in [-0.1, -0.05) is 23.7 Å². The molecule has 0 bridgehead atoms. The second-order valence-corrected chi connectivity index (χ2v) is 7.44. The van der Waals surface area contributed by atoms with Crippen LogP contribution in [0.15, 0.2) is 24.3 Å². The monoisotopic (exact) mass is 339 g/mol. The van der Waals surface area contributed by atoms with Crippen molar-refractivity contribution in [3.63, 3.8) is 0 Å². The van der Waals surface area contributed by atoms with Crippen molar-refractivity contribution in [2.45, 2.75) is 51.2 Å². The fourth-order valence-electron chi connectivity index (χ4n) is 2.58. The van der Waals surface area contributed by atoms with E-state index in [4.69, 9.17) is 16.3 Å². The third-order valence-corrected chi connectivity index (χ3v) is 4.11. The first-order valence-electron chi connectivity index (χ1n) is 7.60. The van der Waals surface area contributed by atoms with Crippen molar-refractivity contribution in [1.82, 2.24) is 5.32 Å². The Kier molecular flexibility index (Phi) is 4.90. The van der Waals surface area contributed by atoms with Gasteiger partial charge in [0.25, 0.3) is 0 Å². The van der Waals surface area contributed by atoms with Gasteiger partial charge in [0.15, 0.2) is 0 Å². The van der Waals surface area contributed by atoms with E-state index in [2.05, 4.69) is 5.32 Å². The minimum absolute atomic E-state index is 0.336. The van der Waals surface area contributed by atoms with Crippen LogP contribution in [0.2, 0.25) is 5.02 Å². The zero-order valence-corrected chi connectivity index (χ0v) is 14.3. The Morgan fingerprint density at radius 1 is 1.30 bits per heavy atom. The Balaban J connectivity index is 2.09. The van der Waals surface area contributed by atoms with Crippen molar-refractivity contribution in [2.75, 3.05) is 0 Å². The van der Waals surface area contributed by atoms with Gasteiger partial charge in [-0.3, -0.25) is 4.79 Å². The van der Waals surface area contributed by atoms with Crippen molar-refractivity contribution in [3.05, 3.63) is 34.9 Å². The molecular formula is C17H22ClNO4. The smallest absolute Gasteiger partial charge is 0.408 e. The molecule has 1 saturated carbocycles. The van der Waals surface area contributed by atoms with Gasteiger partial charge in [0.05, 0.1) is 11.5 Å². The topological polar surface area (TPSA) is 75.6 Å². The molecule has 6 heteroatoms. The second-order valence-electron chi connectivity index (χ2n) is 7.00. The molecule has 23 heavy (non-hydrogen) atoms. The molecule has 1 aromatic carbocycles. The molecule has 0 spiro atoms. The Morgan fingerprint density at radius 3 is 2.30 bits per heavy atom. The highest BCUT2D eigenvalue weighted by atomic mass is 35.5. The highest BCUT2D eigenvalue weighted by Crippen LogP contribution is 2.44. The number of carboxylic acid groups (broad SMARTS) is 1. The van der Waals surface area contributed by atoms with Crippen molar-refractivity contribution in [1.29, 1.82) is 0 Å². The number of benzene rings is 1. The van der Waals surface area contributed by atoms with Gasteiger partial charge in [0.1, 0.15) is 5.60 Å². The van der Waals surface area contributed by atoms with E-state index in [9.17, 15) is 14.7 Å². The zero-order chi connectivity index (χ0) is 17.3. The van der Waals surface area contributed by atoms with Crippen molar-refractivity contribution in [3.8, 4) is 0 Å². The van der Waals surface area contributed by atoms with Crippen LogP contribution in [0, 0.1) is 5.92 Å². The number of amides is 1. The molecule has 0 aliphatic heterocycles. The fourth-order valence-corrected chi connectivity index (χ4v) is 2.70. The summed E-state index contributed by atoms with van der Waals surface area (Å²) in [6.45, 7) is 5.32. The number of ether oxygens (including phenoxy) is 1. The number of alkyl carbamates (subject to hydrolysis) is 1. The molecule has 0 aromatic heterocycles. The van der Waals surface area contributed by atoms with Gasteiger partial charge in [-0.15, -0.1) is 0 Å². The molecule has 1 atom stereocenters. The average Bonchev–Trinajstić information content (AvgIpc) is 3.15. The van der Waals surface area contributed by atoms with Gasteiger partial charge in [-0.25, -0.2) is 4.79 Å². The minimum Gasteiger partial charge on any atom is -0.481 e. The normalized spacial score (nSPS) is 17.2. The Labute approximate surface area is 141 Å². The number of hydrogen-bond donors (Lipinski definition) is 2. The van der Waals surface area contributed by atoms with Gasteiger partial charge in [0.2, 0.25) is 0 Å². The molecule has 126 valence electrons. The van der Waals surface area contributed by atoms with Crippen LogP contribution in [0.1, 0.15) is 39.2 Å². The molecule has 1 unspecified atom stereocenters. The number of carbonyl (C=O) groups excluding carboxylic acids is 1. The van der Waals surface area contributed by atoms with Gasteiger partial charge in [-0.05, 0) is 57.7 Å². The lowest BCUT2D eigenvalue weighted by Gasteiger charge is -2.27. The highest BCUT2D eigenvalue weighted by Gasteiger charge is 2.54. The first-order chi connectivity index (χ1) is 10.6. The number of carbonyl (C=O) groups is 2. The van der Waals surface area contributed by atoms with Crippen LogP contribution in [0.5, 0.6) is 0 Å². The summed E-state index contributed by atoms with van der Waals surface area (Å²) in [5, 5.41) is 13.0. The summed E-state index contributed by atoms with van der Waals surface area (Å²) in [5.74, 6) is -1.62. The van der Waals surface area contributed by atoms with Crippen LogP contribution in [-0.2, 0) is 16.0 Å². The summed E-state index contributed by atoms with van der Waals surface area (Å²) in [6, 6.07) is 7.08. The lowest BCUT2D eigenvalue weighted by molar-refractivity contribution is -0.143. The molecule has 0 saturated heterocycles. The van der Waals surface area contributed by atoms with E-state index in [1.807, 2.05) is 12.1 Å². The van der Waals surface area contributed by atoms with E-state index in [0.29, 0.717) is 24.3 Å². The zero-order valence-electron chi connectivity index (χ0n) is 13.6. The number of aliphatic carboxylic acids is 1. The highest BCUT2D eigenvalue weighted by molar-refractivity contribution is 6.30. The molecule has 1 fully saturated rings. The molecule has 5 nitrogen and oxygen atoms in total. The molecule has 0 radical (unpaired) electrons. The number of rotatable bonds is 5. The molecule has 0 heterocycles. The van der Waals surface area contributed by atoms with Crippen LogP contribution < -0.4 is 5.32 Å². The summed E-state index contributed by atoms with van der Waals surface area (Å²) in [6.07, 6.45) is 1.04. The quantitative estimate of drug-likeness (QED) is 0.858. The Hall–Kier alpha value is -1.75. The summed E-state index contributed by atoms with van der Waals surface area (Å²) in [4.78, 5) is 23.7. The minimum atomic E-state index is -0.923. The second kappa shape index (κ2) is 6.40. The maximum absolute atomic E-state index is 12.0. The van der Waals surface area contributed by atoms with Crippen LogP contribution in [0.4, 0.5) is 4.79 Å². The van der Waals surface area contributed by atoms with Crippen LogP contribution >= 0.6 is 11.6 Å². The predicted molar refractivity (Wildman–Crippen MR) is 87.6 cm³/mol. The molecule has 2 N–H and O–H groups in total. The number of carboxylic acids is 1. The maximum atomic E-state index is 12.0. The molecule has 1 aliphatic rings. The molecular weight excluding hydrogens is 318 g/mol. The van der Waals surface area contributed by atoms with Crippen LogP contribution in [-0.4, -0.2) is 28.3 Å². The van der Waals surface area contributed by atoms with Crippen molar-refractivity contribution in [2.24, 2.45) is 5.92 Å². The largest absolute Gasteiger partial charge is 0.481 e. The summed E-state index contributed by atoms with van der Waals surface area (Å²) in [7, 11) is 0. The number of halogens is 1. The first-order valence-corrected chi connectivity index (χ1v) is 7.97. The van der Waals surface area contributed by atoms with E-state index in [1.165, 1.54) is 0 Å². The van der Waals surface area contributed by atoms with Gasteiger partial charge in [-0.2, -0.15) is 0 Å². The predicted octanol–water partition coefficient (Wildman–Crippen LogP) is 3.64. The van der Waals surface area contributed by atoms with Gasteiger partial charge >= 0.3 is 12.1 Å². The summed E-state index contributed by atoms with van der Waals surface area (Å²) >= 11 is 5.85. The third kappa shape index (κ3) is 4.86. The molecule has 1 amide bonds. The molecule has 1 aliphatic carbocycles. The molecule has 1 aromatic rings. The number of nitrogens with one attached hydrogen (secondary N) is 1. The standard InChI is InChI=1S/C17H22ClNO4/c1-16(2,3)23-15(22)19-17(8-9-17)13(14(20)21)10-11-4-6-12(18)7-5-11/h4-7,13H,8-10H2,1-3H3,(H,19,22)(H,20,21). The number of hydrogen-bond acceptors (Lipinski definition) is 3. The lowest BCUT2D eigenvalue weighted by atomic mass is 9.90. The third-order valence-electron chi connectivity index (χ3n) is 3.86. The van der Waals surface area contributed by atoms with E-state index in [0.717, 1.165) is 5.56 Å². The average molecular weight is 340 g/mol. The Morgan fingerprint density at radius 2 is 1.87 bits per heavy atom.